The molecule has 3 unspecified atom stereocenters. The van der Waals surface area contributed by atoms with Crippen molar-refractivity contribution in [1.29, 1.82) is 0 Å². The maximum absolute atomic E-state index is 12.6. The Morgan fingerprint density at radius 3 is 2.23 bits per heavy atom. The summed E-state index contributed by atoms with van der Waals surface area (Å²) in [6.45, 7) is 6.70. The molecule has 1 rings (SSSR count). The Hall–Kier alpha value is -1.20. The minimum Gasteiger partial charge on any atom is -0.451 e. The summed E-state index contributed by atoms with van der Waals surface area (Å²) in [5.74, 6) is -1.78. The van der Waals surface area contributed by atoms with Gasteiger partial charge in [0.2, 0.25) is 10.0 Å². The normalized spacial score (nSPS) is 22.0. The number of sulfone groups is 1. The number of hydrogen-bond donors (Lipinski definition) is 1. The van der Waals surface area contributed by atoms with Gasteiger partial charge in [0.1, 0.15) is 6.04 Å². The Kier molecular flexibility index (Phi) is 7.61. The molecule has 0 bridgehead atoms. The monoisotopic (exact) mass is 412 g/mol. The summed E-state index contributed by atoms with van der Waals surface area (Å²) in [6, 6.07) is -1.55. The van der Waals surface area contributed by atoms with E-state index in [2.05, 4.69) is 4.72 Å². The highest BCUT2D eigenvalue weighted by Crippen LogP contribution is 2.19. The zero-order valence-electron chi connectivity index (χ0n) is 15.8. The molecule has 3 atom stereocenters. The second-order valence-electron chi connectivity index (χ2n) is 6.87. The molecule has 1 fully saturated rings. The average Bonchev–Trinajstić information content (AvgIpc) is 2.84. The molecule has 0 aromatic carbocycles. The second-order valence-corrected chi connectivity index (χ2v) is 10.9. The molecule has 0 saturated carbocycles. The van der Waals surface area contributed by atoms with Gasteiger partial charge in [-0.3, -0.25) is 9.59 Å². The number of rotatable bonds is 8. The van der Waals surface area contributed by atoms with E-state index in [1.807, 2.05) is 0 Å². The minimum absolute atomic E-state index is 0.0311. The second kappa shape index (κ2) is 8.66. The van der Waals surface area contributed by atoms with Crippen molar-refractivity contribution < 1.29 is 31.2 Å². The van der Waals surface area contributed by atoms with Crippen molar-refractivity contribution in [3.8, 4) is 0 Å². The number of likely N-dealkylation sites (N-methyl/N-ethyl adjacent to an activating group) is 1. The maximum atomic E-state index is 12.6. The highest BCUT2D eigenvalue weighted by Gasteiger charge is 2.37. The molecule has 0 aromatic heterocycles. The first-order valence-electron chi connectivity index (χ1n) is 8.46. The van der Waals surface area contributed by atoms with Crippen LogP contribution in [0.1, 0.15) is 34.1 Å². The topological polar surface area (TPSA) is 127 Å². The first kappa shape index (κ1) is 22.8. The van der Waals surface area contributed by atoms with Crippen molar-refractivity contribution in [2.45, 2.75) is 52.3 Å². The quantitative estimate of drug-likeness (QED) is 0.534. The van der Waals surface area contributed by atoms with Gasteiger partial charge in [-0.1, -0.05) is 13.8 Å². The van der Waals surface area contributed by atoms with Crippen LogP contribution >= 0.6 is 0 Å². The van der Waals surface area contributed by atoms with E-state index in [1.165, 1.54) is 11.8 Å². The average molecular weight is 413 g/mol. The number of esters is 1. The molecule has 26 heavy (non-hydrogen) atoms. The van der Waals surface area contributed by atoms with Gasteiger partial charge in [-0.05, 0) is 26.2 Å². The lowest BCUT2D eigenvalue weighted by atomic mass is 10.1. The van der Waals surface area contributed by atoms with Gasteiger partial charge in [-0.15, -0.1) is 0 Å². The number of nitrogens with one attached hydrogen (secondary N) is 1. The fourth-order valence-corrected chi connectivity index (χ4v) is 5.39. The molecule has 152 valence electrons. The molecule has 0 aliphatic carbocycles. The van der Waals surface area contributed by atoms with Gasteiger partial charge in [-0.2, -0.15) is 0 Å². The highest BCUT2D eigenvalue weighted by molar-refractivity contribution is 7.91. The lowest BCUT2D eigenvalue weighted by Gasteiger charge is -2.30. The summed E-state index contributed by atoms with van der Waals surface area (Å²) >= 11 is 0. The molecule has 11 heteroatoms. The van der Waals surface area contributed by atoms with E-state index in [0.29, 0.717) is 6.42 Å². The molecular formula is C15H28N2O7S2. The fourth-order valence-electron chi connectivity index (χ4n) is 2.83. The third-order valence-corrected chi connectivity index (χ3v) is 6.61. The number of sulfonamides is 1. The van der Waals surface area contributed by atoms with Crippen LogP contribution in [-0.2, 0) is 34.2 Å². The molecule has 0 spiro atoms. The summed E-state index contributed by atoms with van der Waals surface area (Å²) in [5.41, 5.74) is 0. The van der Waals surface area contributed by atoms with E-state index in [0.717, 1.165) is 6.26 Å². The minimum atomic E-state index is -3.63. The van der Waals surface area contributed by atoms with Gasteiger partial charge in [0.15, 0.2) is 15.9 Å². The van der Waals surface area contributed by atoms with E-state index in [1.54, 1.807) is 20.8 Å². The molecule has 0 aromatic rings. The Labute approximate surface area is 155 Å². The van der Waals surface area contributed by atoms with E-state index in [-0.39, 0.29) is 24.0 Å². The smallest absolute Gasteiger partial charge is 0.325 e. The first-order chi connectivity index (χ1) is 11.8. The molecule has 1 saturated heterocycles. The summed E-state index contributed by atoms with van der Waals surface area (Å²) in [7, 11) is -6.79. The lowest BCUT2D eigenvalue weighted by Crippen LogP contribution is -2.50. The van der Waals surface area contributed by atoms with E-state index in [9.17, 15) is 26.4 Å². The number of nitrogens with zero attached hydrogens (tertiary/aromatic N) is 1. The van der Waals surface area contributed by atoms with Crippen LogP contribution in [0.15, 0.2) is 0 Å². The summed E-state index contributed by atoms with van der Waals surface area (Å²) in [5, 5.41) is 0. The molecular weight excluding hydrogens is 384 g/mol. The maximum Gasteiger partial charge on any atom is 0.325 e. The molecule has 9 nitrogen and oxygen atoms in total. The van der Waals surface area contributed by atoms with Crippen molar-refractivity contribution >= 4 is 31.7 Å². The van der Waals surface area contributed by atoms with Gasteiger partial charge in [-0.25, -0.2) is 21.6 Å². The van der Waals surface area contributed by atoms with E-state index in [4.69, 9.17) is 4.74 Å². The van der Waals surface area contributed by atoms with Gasteiger partial charge in [0.25, 0.3) is 5.91 Å². The Balaban J connectivity index is 2.81. The number of carbonyl (C=O) groups is 2. The molecule has 1 amide bonds. The van der Waals surface area contributed by atoms with Crippen LogP contribution in [0.2, 0.25) is 0 Å². The van der Waals surface area contributed by atoms with Crippen molar-refractivity contribution in [2.75, 3.05) is 24.3 Å². The Morgan fingerprint density at radius 1 is 1.27 bits per heavy atom. The van der Waals surface area contributed by atoms with Gasteiger partial charge < -0.3 is 9.64 Å². The van der Waals surface area contributed by atoms with Crippen LogP contribution in [0.3, 0.4) is 0 Å². The van der Waals surface area contributed by atoms with E-state index < -0.39 is 49.9 Å². The predicted octanol–water partition coefficient (Wildman–Crippen LogP) is -0.472. The summed E-state index contributed by atoms with van der Waals surface area (Å²) < 4.78 is 53.5. The highest BCUT2D eigenvalue weighted by atomic mass is 32.2. The van der Waals surface area contributed by atoms with Crippen molar-refractivity contribution in [2.24, 2.45) is 5.92 Å². The SMILES string of the molecule is CCN(C(=O)C(C)OC(=O)C(NS(C)(=O)=O)C(C)C)C1CCS(=O)(=O)C1. The number of carbonyl (C=O) groups excluding carboxylic acids is 2. The molecule has 1 heterocycles. The largest absolute Gasteiger partial charge is 0.451 e. The number of amides is 1. The lowest BCUT2D eigenvalue weighted by molar-refractivity contribution is -0.162. The van der Waals surface area contributed by atoms with Gasteiger partial charge >= 0.3 is 5.97 Å². The Morgan fingerprint density at radius 2 is 1.85 bits per heavy atom. The van der Waals surface area contributed by atoms with Gasteiger partial charge in [0, 0.05) is 12.6 Å². The van der Waals surface area contributed by atoms with Crippen LogP contribution in [0.4, 0.5) is 0 Å². The molecule has 1 aliphatic heterocycles. The zero-order valence-corrected chi connectivity index (χ0v) is 17.4. The molecule has 0 radical (unpaired) electrons. The first-order valence-corrected chi connectivity index (χ1v) is 12.2. The number of hydrogen-bond acceptors (Lipinski definition) is 7. The molecule has 1 aliphatic rings. The van der Waals surface area contributed by atoms with Crippen LogP contribution in [0.5, 0.6) is 0 Å². The third kappa shape index (κ3) is 6.51. The molecule has 1 N–H and O–H groups in total. The van der Waals surface area contributed by atoms with Gasteiger partial charge in [0.05, 0.1) is 17.8 Å². The zero-order chi connectivity index (χ0) is 20.3. The predicted molar refractivity (Wildman–Crippen MR) is 96.6 cm³/mol. The Bertz CT molecular complexity index is 731. The van der Waals surface area contributed by atoms with Crippen LogP contribution in [0, 0.1) is 5.92 Å². The fraction of sp³-hybridized carbons (Fsp3) is 0.867. The van der Waals surface area contributed by atoms with Crippen molar-refractivity contribution in [3.63, 3.8) is 0 Å². The summed E-state index contributed by atoms with van der Waals surface area (Å²) in [6.07, 6.45) is 0.143. The number of ether oxygens (including phenoxy) is 1. The third-order valence-electron chi connectivity index (χ3n) is 4.18. The van der Waals surface area contributed by atoms with Crippen LogP contribution < -0.4 is 4.72 Å². The van der Waals surface area contributed by atoms with Crippen LogP contribution in [-0.4, -0.2) is 76.1 Å². The van der Waals surface area contributed by atoms with Crippen LogP contribution in [0.25, 0.3) is 0 Å². The van der Waals surface area contributed by atoms with E-state index >= 15 is 0 Å². The standard InChI is InChI=1S/C15H28N2O7S2/c1-6-17(12-7-8-26(22,23)9-12)14(18)11(4)24-15(19)13(10(2)3)16-25(5,20)21/h10-13,16H,6-9H2,1-5H3. The van der Waals surface area contributed by atoms with Crippen molar-refractivity contribution in [3.05, 3.63) is 0 Å². The van der Waals surface area contributed by atoms with Crippen molar-refractivity contribution in [1.82, 2.24) is 9.62 Å². The summed E-state index contributed by atoms with van der Waals surface area (Å²) in [4.78, 5) is 26.3.